The number of rotatable bonds is 8. The second-order valence-electron chi connectivity index (χ2n) is 6.10. The van der Waals surface area contributed by atoms with Crippen LogP contribution < -0.4 is 10.6 Å². The lowest BCUT2D eigenvalue weighted by Crippen LogP contribution is -2.37. The SMILES string of the molecule is CN=C(NCCCOC1CCOC1)NCc1cccc(-c2ncn[nH]2)c1.I. The van der Waals surface area contributed by atoms with Gasteiger partial charge in [-0.25, -0.2) is 4.98 Å². The largest absolute Gasteiger partial charge is 0.379 e. The third kappa shape index (κ3) is 7.07. The highest BCUT2D eigenvalue weighted by Gasteiger charge is 2.15. The van der Waals surface area contributed by atoms with Gasteiger partial charge in [0.05, 0.1) is 12.7 Å². The Morgan fingerprint density at radius 2 is 2.33 bits per heavy atom. The number of ether oxygens (including phenoxy) is 2. The molecule has 1 aliphatic heterocycles. The van der Waals surface area contributed by atoms with Crippen LogP contribution in [0.15, 0.2) is 35.6 Å². The number of aromatic nitrogens is 3. The molecule has 27 heavy (non-hydrogen) atoms. The Hall–Kier alpha value is -1.72. The molecule has 148 valence electrons. The van der Waals surface area contributed by atoms with Gasteiger partial charge in [0.15, 0.2) is 11.8 Å². The van der Waals surface area contributed by atoms with E-state index < -0.39 is 0 Å². The van der Waals surface area contributed by atoms with Gasteiger partial charge in [0.1, 0.15) is 6.33 Å². The molecule has 0 spiro atoms. The van der Waals surface area contributed by atoms with Crippen molar-refractivity contribution in [3.63, 3.8) is 0 Å². The van der Waals surface area contributed by atoms with E-state index in [0.29, 0.717) is 6.54 Å². The number of nitrogens with one attached hydrogen (secondary N) is 3. The molecule has 9 heteroatoms. The molecule has 0 saturated carbocycles. The molecule has 3 N–H and O–H groups in total. The first kappa shape index (κ1) is 21.6. The maximum absolute atomic E-state index is 5.76. The van der Waals surface area contributed by atoms with Crippen LogP contribution >= 0.6 is 24.0 Å². The number of guanidine groups is 1. The summed E-state index contributed by atoms with van der Waals surface area (Å²) < 4.78 is 11.1. The summed E-state index contributed by atoms with van der Waals surface area (Å²) >= 11 is 0. The molecule has 0 radical (unpaired) electrons. The Balaban J connectivity index is 0.00000261. The first-order chi connectivity index (χ1) is 12.8. The Labute approximate surface area is 176 Å². The van der Waals surface area contributed by atoms with Crippen LogP contribution in [0.25, 0.3) is 11.4 Å². The van der Waals surface area contributed by atoms with E-state index in [4.69, 9.17) is 9.47 Å². The fourth-order valence-electron chi connectivity index (χ4n) is 2.75. The fourth-order valence-corrected chi connectivity index (χ4v) is 2.75. The van der Waals surface area contributed by atoms with Crippen LogP contribution in [0, 0.1) is 0 Å². The molecule has 0 aliphatic carbocycles. The highest BCUT2D eigenvalue weighted by Crippen LogP contribution is 2.15. The molecule has 2 aromatic rings. The molecule has 2 heterocycles. The van der Waals surface area contributed by atoms with E-state index in [2.05, 4.69) is 42.9 Å². The molecule has 0 amide bonds. The van der Waals surface area contributed by atoms with Crippen molar-refractivity contribution in [1.29, 1.82) is 0 Å². The van der Waals surface area contributed by atoms with Crippen LogP contribution in [0.2, 0.25) is 0 Å². The molecule has 1 aromatic carbocycles. The first-order valence-electron chi connectivity index (χ1n) is 8.93. The maximum atomic E-state index is 5.76. The van der Waals surface area contributed by atoms with Gasteiger partial charge in [-0.15, -0.1) is 24.0 Å². The Morgan fingerprint density at radius 3 is 3.07 bits per heavy atom. The van der Waals surface area contributed by atoms with E-state index >= 15 is 0 Å². The van der Waals surface area contributed by atoms with E-state index in [9.17, 15) is 0 Å². The van der Waals surface area contributed by atoms with Gasteiger partial charge in [-0.3, -0.25) is 10.1 Å². The predicted octanol–water partition coefficient (Wildman–Crippen LogP) is 1.95. The fraction of sp³-hybridized carbons (Fsp3) is 0.500. The average molecular weight is 486 g/mol. The number of benzene rings is 1. The lowest BCUT2D eigenvalue weighted by molar-refractivity contribution is 0.0420. The number of hydrogen-bond acceptors (Lipinski definition) is 5. The molecular weight excluding hydrogens is 459 g/mol. The normalized spacial score (nSPS) is 16.8. The number of nitrogens with zero attached hydrogens (tertiary/aromatic N) is 3. The summed E-state index contributed by atoms with van der Waals surface area (Å²) in [6, 6.07) is 8.16. The summed E-state index contributed by atoms with van der Waals surface area (Å²) in [4.78, 5) is 8.44. The molecule has 8 nitrogen and oxygen atoms in total. The summed E-state index contributed by atoms with van der Waals surface area (Å²) in [7, 11) is 1.77. The van der Waals surface area contributed by atoms with Crippen molar-refractivity contribution >= 4 is 29.9 Å². The monoisotopic (exact) mass is 486 g/mol. The van der Waals surface area contributed by atoms with Crippen molar-refractivity contribution < 1.29 is 9.47 Å². The number of aromatic amines is 1. The zero-order valence-corrected chi connectivity index (χ0v) is 17.8. The molecule has 1 saturated heterocycles. The van der Waals surface area contributed by atoms with Gasteiger partial charge in [0, 0.05) is 38.9 Å². The number of halogens is 1. The molecule has 1 aromatic heterocycles. The Morgan fingerprint density at radius 1 is 1.41 bits per heavy atom. The van der Waals surface area contributed by atoms with Crippen LogP contribution in [0.5, 0.6) is 0 Å². The minimum Gasteiger partial charge on any atom is -0.379 e. The van der Waals surface area contributed by atoms with Crippen LogP contribution in [-0.2, 0) is 16.0 Å². The van der Waals surface area contributed by atoms with Gasteiger partial charge in [-0.2, -0.15) is 5.10 Å². The van der Waals surface area contributed by atoms with Crippen LogP contribution in [-0.4, -0.2) is 60.7 Å². The molecule has 3 rings (SSSR count). The van der Waals surface area contributed by atoms with Crippen molar-refractivity contribution in [2.75, 3.05) is 33.4 Å². The van der Waals surface area contributed by atoms with Gasteiger partial charge >= 0.3 is 0 Å². The first-order valence-corrected chi connectivity index (χ1v) is 8.93. The molecule has 0 bridgehead atoms. The molecular formula is C18H27IN6O2. The summed E-state index contributed by atoms with van der Waals surface area (Å²) in [6.07, 6.45) is 3.71. The summed E-state index contributed by atoms with van der Waals surface area (Å²) in [5, 5.41) is 13.4. The number of aliphatic imine (C=N–C) groups is 1. The van der Waals surface area contributed by atoms with Gasteiger partial charge in [-0.1, -0.05) is 18.2 Å². The molecule has 1 fully saturated rings. The lowest BCUT2D eigenvalue weighted by atomic mass is 10.1. The van der Waals surface area contributed by atoms with E-state index in [-0.39, 0.29) is 30.1 Å². The van der Waals surface area contributed by atoms with Crippen molar-refractivity contribution in [2.24, 2.45) is 4.99 Å². The second kappa shape index (κ2) is 11.9. The minimum absolute atomic E-state index is 0. The molecule has 1 unspecified atom stereocenters. The highest BCUT2D eigenvalue weighted by molar-refractivity contribution is 14.0. The van der Waals surface area contributed by atoms with Crippen LogP contribution in [0.4, 0.5) is 0 Å². The van der Waals surface area contributed by atoms with Gasteiger partial charge < -0.3 is 20.1 Å². The zero-order valence-electron chi connectivity index (χ0n) is 15.5. The minimum atomic E-state index is 0. The lowest BCUT2D eigenvalue weighted by Gasteiger charge is -2.13. The van der Waals surface area contributed by atoms with Crippen LogP contribution in [0.3, 0.4) is 0 Å². The average Bonchev–Trinajstić information content (AvgIpc) is 3.38. The maximum Gasteiger partial charge on any atom is 0.191 e. The van der Waals surface area contributed by atoms with E-state index in [1.54, 1.807) is 7.05 Å². The summed E-state index contributed by atoms with van der Waals surface area (Å²) in [5.74, 6) is 1.54. The summed E-state index contributed by atoms with van der Waals surface area (Å²) in [5.41, 5.74) is 2.16. The van der Waals surface area contributed by atoms with Crippen LogP contribution in [0.1, 0.15) is 18.4 Å². The van der Waals surface area contributed by atoms with Crippen molar-refractivity contribution in [2.45, 2.75) is 25.5 Å². The topological polar surface area (TPSA) is 96.5 Å². The highest BCUT2D eigenvalue weighted by atomic mass is 127. The smallest absolute Gasteiger partial charge is 0.191 e. The summed E-state index contributed by atoms with van der Waals surface area (Å²) in [6.45, 7) is 3.76. The van der Waals surface area contributed by atoms with Gasteiger partial charge in [0.2, 0.25) is 0 Å². The molecule has 1 aliphatic rings. The van der Waals surface area contributed by atoms with Crippen molar-refractivity contribution in [3.05, 3.63) is 36.2 Å². The standard InChI is InChI=1S/C18H26N6O2.HI/c1-19-18(20-7-3-8-26-16-6-9-25-12-16)21-11-14-4-2-5-15(10-14)17-22-13-23-24-17;/h2,4-5,10,13,16H,3,6-9,11-12H2,1H3,(H2,19,20,21)(H,22,23,24);1H. The van der Waals surface area contributed by atoms with Crippen molar-refractivity contribution in [3.8, 4) is 11.4 Å². The van der Waals surface area contributed by atoms with E-state index in [1.807, 2.05) is 12.1 Å². The number of H-pyrrole nitrogens is 1. The Bertz CT molecular complexity index is 689. The Kier molecular flexibility index (Phi) is 9.50. The van der Waals surface area contributed by atoms with E-state index in [1.165, 1.54) is 6.33 Å². The second-order valence-corrected chi connectivity index (χ2v) is 6.10. The van der Waals surface area contributed by atoms with Crippen molar-refractivity contribution in [1.82, 2.24) is 25.8 Å². The zero-order chi connectivity index (χ0) is 18.0. The third-order valence-electron chi connectivity index (χ3n) is 4.15. The number of hydrogen-bond donors (Lipinski definition) is 3. The van der Waals surface area contributed by atoms with Gasteiger partial charge in [-0.05, 0) is 24.5 Å². The predicted molar refractivity (Wildman–Crippen MR) is 115 cm³/mol. The third-order valence-corrected chi connectivity index (χ3v) is 4.15. The quantitative estimate of drug-likeness (QED) is 0.229. The van der Waals surface area contributed by atoms with E-state index in [0.717, 1.165) is 62.1 Å². The van der Waals surface area contributed by atoms with Gasteiger partial charge in [0.25, 0.3) is 0 Å². The molecule has 1 atom stereocenters.